The fourth-order valence-corrected chi connectivity index (χ4v) is 3.41. The molecule has 2 atom stereocenters. The fraction of sp³-hybridized carbons (Fsp3) is 0.769. The largest absolute Gasteiger partial charge is 0.332 e. The van der Waals surface area contributed by atoms with Crippen LogP contribution in [-0.2, 0) is 9.84 Å². The van der Waals surface area contributed by atoms with Crippen molar-refractivity contribution in [1.82, 2.24) is 10.2 Å². The molecule has 19 heavy (non-hydrogen) atoms. The summed E-state index contributed by atoms with van der Waals surface area (Å²) >= 11 is 0. The molecule has 6 heteroatoms. The van der Waals surface area contributed by atoms with Gasteiger partial charge < -0.3 is 10.2 Å². The molecular weight excluding hydrogens is 264 g/mol. The van der Waals surface area contributed by atoms with Crippen molar-refractivity contribution in [2.75, 3.05) is 18.6 Å². The van der Waals surface area contributed by atoms with Crippen LogP contribution in [-0.4, -0.2) is 50.0 Å². The van der Waals surface area contributed by atoms with Crippen LogP contribution in [0.15, 0.2) is 12.2 Å². The van der Waals surface area contributed by atoms with E-state index in [4.69, 9.17) is 0 Å². The summed E-state index contributed by atoms with van der Waals surface area (Å²) in [6.45, 7) is 4.12. The van der Waals surface area contributed by atoms with Gasteiger partial charge in [-0.1, -0.05) is 12.2 Å². The standard InChI is InChI=1S/C13H24N2O3S/c1-4-15(11(2)10-19(3,17)18)13(16)14-12-8-6-5-7-9-12/h6,8,11-12H,4-5,7,9-10H2,1-3H3,(H,14,16)/t11-,12-/m0/s1. The van der Waals surface area contributed by atoms with Crippen LogP contribution in [0.3, 0.4) is 0 Å². The molecule has 0 aromatic heterocycles. The molecule has 0 saturated heterocycles. The van der Waals surface area contributed by atoms with Crippen LogP contribution >= 0.6 is 0 Å². The van der Waals surface area contributed by atoms with Crippen molar-refractivity contribution in [2.24, 2.45) is 0 Å². The molecule has 1 aliphatic rings. The molecule has 110 valence electrons. The Kier molecular flexibility index (Phi) is 5.85. The van der Waals surface area contributed by atoms with Gasteiger partial charge >= 0.3 is 6.03 Å². The maximum atomic E-state index is 12.2. The monoisotopic (exact) mass is 288 g/mol. The SMILES string of the molecule is CCN(C(=O)N[C@H]1C=CCCC1)[C@@H](C)CS(C)(=O)=O. The molecule has 0 spiro atoms. The molecule has 0 aromatic rings. The van der Waals surface area contributed by atoms with E-state index in [2.05, 4.69) is 11.4 Å². The number of amides is 2. The Morgan fingerprint density at radius 3 is 2.68 bits per heavy atom. The number of nitrogens with one attached hydrogen (secondary N) is 1. The van der Waals surface area contributed by atoms with Crippen molar-refractivity contribution in [2.45, 2.75) is 45.2 Å². The summed E-state index contributed by atoms with van der Waals surface area (Å²) < 4.78 is 22.6. The van der Waals surface area contributed by atoms with E-state index in [1.165, 1.54) is 6.26 Å². The lowest BCUT2D eigenvalue weighted by Crippen LogP contribution is -2.50. The van der Waals surface area contributed by atoms with Gasteiger partial charge in [0, 0.05) is 24.9 Å². The third kappa shape index (κ3) is 5.63. The Bertz CT molecular complexity index is 431. The van der Waals surface area contributed by atoms with Gasteiger partial charge in [-0.3, -0.25) is 0 Å². The number of carbonyl (C=O) groups is 1. The van der Waals surface area contributed by atoms with Crippen molar-refractivity contribution >= 4 is 15.9 Å². The smallest absolute Gasteiger partial charge is 0.318 e. The molecule has 0 unspecified atom stereocenters. The summed E-state index contributed by atoms with van der Waals surface area (Å²) in [5.74, 6) is -0.00519. The molecule has 0 aliphatic heterocycles. The van der Waals surface area contributed by atoms with Crippen LogP contribution in [0.5, 0.6) is 0 Å². The number of rotatable bonds is 5. The number of sulfone groups is 1. The van der Waals surface area contributed by atoms with Gasteiger partial charge in [0.05, 0.1) is 5.75 Å². The normalized spacial score (nSPS) is 20.9. The summed E-state index contributed by atoms with van der Waals surface area (Å²) in [4.78, 5) is 13.7. The Labute approximate surface area is 116 Å². The molecule has 0 heterocycles. The zero-order valence-corrected chi connectivity index (χ0v) is 12.7. The molecule has 5 nitrogen and oxygen atoms in total. The predicted molar refractivity (Wildman–Crippen MR) is 76.9 cm³/mol. The third-order valence-corrected chi connectivity index (χ3v) is 4.33. The van der Waals surface area contributed by atoms with Gasteiger partial charge in [-0.15, -0.1) is 0 Å². The van der Waals surface area contributed by atoms with Gasteiger partial charge in [0.25, 0.3) is 0 Å². The van der Waals surface area contributed by atoms with E-state index < -0.39 is 9.84 Å². The fourth-order valence-electron chi connectivity index (χ4n) is 2.36. The van der Waals surface area contributed by atoms with Crippen molar-refractivity contribution < 1.29 is 13.2 Å². The quantitative estimate of drug-likeness (QED) is 0.781. The van der Waals surface area contributed by atoms with Crippen LogP contribution in [0.4, 0.5) is 4.79 Å². The van der Waals surface area contributed by atoms with Crippen molar-refractivity contribution in [3.05, 3.63) is 12.2 Å². The number of hydrogen-bond donors (Lipinski definition) is 1. The average molecular weight is 288 g/mol. The van der Waals surface area contributed by atoms with Gasteiger partial charge in [-0.05, 0) is 33.1 Å². The Morgan fingerprint density at radius 1 is 1.53 bits per heavy atom. The lowest BCUT2D eigenvalue weighted by atomic mass is 10.0. The van der Waals surface area contributed by atoms with Gasteiger partial charge in [-0.25, -0.2) is 13.2 Å². The molecule has 0 saturated carbocycles. The minimum absolute atomic E-state index is 0.00519. The minimum atomic E-state index is -3.08. The van der Waals surface area contributed by atoms with Crippen LogP contribution < -0.4 is 5.32 Å². The number of carbonyl (C=O) groups excluding carboxylic acids is 1. The van der Waals surface area contributed by atoms with Crippen LogP contribution in [0, 0.1) is 0 Å². The molecule has 0 fully saturated rings. The van der Waals surface area contributed by atoms with E-state index in [1.54, 1.807) is 11.8 Å². The van der Waals surface area contributed by atoms with E-state index >= 15 is 0 Å². The van der Waals surface area contributed by atoms with Gasteiger partial charge in [0.2, 0.25) is 0 Å². The second kappa shape index (κ2) is 6.93. The van der Waals surface area contributed by atoms with Gasteiger partial charge in [0.1, 0.15) is 9.84 Å². The Morgan fingerprint density at radius 2 is 2.21 bits per heavy atom. The van der Waals surface area contributed by atoms with E-state index in [9.17, 15) is 13.2 Å². The molecule has 1 aliphatic carbocycles. The molecule has 0 aromatic carbocycles. The first-order chi connectivity index (χ1) is 8.83. The van der Waals surface area contributed by atoms with Gasteiger partial charge in [0.15, 0.2) is 0 Å². The van der Waals surface area contributed by atoms with Crippen LogP contribution in [0.2, 0.25) is 0 Å². The van der Waals surface area contributed by atoms with Crippen LogP contribution in [0.1, 0.15) is 33.1 Å². The number of nitrogens with zero attached hydrogens (tertiary/aromatic N) is 1. The lowest BCUT2D eigenvalue weighted by Gasteiger charge is -2.30. The van der Waals surface area contributed by atoms with Crippen LogP contribution in [0.25, 0.3) is 0 Å². The average Bonchev–Trinajstić information content (AvgIpc) is 2.28. The summed E-state index contributed by atoms with van der Waals surface area (Å²) in [5, 5.41) is 2.94. The van der Waals surface area contributed by atoms with E-state index in [-0.39, 0.29) is 23.9 Å². The maximum absolute atomic E-state index is 12.2. The maximum Gasteiger partial charge on any atom is 0.318 e. The lowest BCUT2D eigenvalue weighted by molar-refractivity contribution is 0.184. The highest BCUT2D eigenvalue weighted by atomic mass is 32.2. The second-order valence-corrected chi connectivity index (χ2v) is 7.33. The first-order valence-corrected chi connectivity index (χ1v) is 8.81. The van der Waals surface area contributed by atoms with Gasteiger partial charge in [-0.2, -0.15) is 0 Å². The first-order valence-electron chi connectivity index (χ1n) is 6.75. The summed E-state index contributed by atoms with van der Waals surface area (Å²) in [7, 11) is -3.08. The number of allylic oxidation sites excluding steroid dienone is 1. The molecular formula is C13H24N2O3S. The highest BCUT2D eigenvalue weighted by Gasteiger charge is 2.23. The minimum Gasteiger partial charge on any atom is -0.332 e. The van der Waals surface area contributed by atoms with E-state index in [0.717, 1.165) is 19.3 Å². The highest BCUT2D eigenvalue weighted by molar-refractivity contribution is 7.90. The number of hydrogen-bond acceptors (Lipinski definition) is 3. The van der Waals surface area contributed by atoms with Crippen molar-refractivity contribution in [3.8, 4) is 0 Å². The topological polar surface area (TPSA) is 66.5 Å². The van der Waals surface area contributed by atoms with E-state index in [1.807, 2.05) is 13.0 Å². The highest BCUT2D eigenvalue weighted by Crippen LogP contribution is 2.11. The molecule has 2 amide bonds. The predicted octanol–water partition coefficient (Wildman–Crippen LogP) is 1.56. The molecule has 0 bridgehead atoms. The first kappa shape index (κ1) is 16.0. The number of urea groups is 1. The molecule has 0 radical (unpaired) electrons. The van der Waals surface area contributed by atoms with Crippen molar-refractivity contribution in [1.29, 1.82) is 0 Å². The summed E-state index contributed by atoms with van der Waals surface area (Å²) in [6.07, 6.45) is 8.36. The Hall–Kier alpha value is -1.04. The summed E-state index contributed by atoms with van der Waals surface area (Å²) in [6, 6.07) is -0.427. The second-order valence-electron chi connectivity index (χ2n) is 5.14. The molecule has 1 N–H and O–H groups in total. The van der Waals surface area contributed by atoms with E-state index in [0.29, 0.717) is 6.54 Å². The zero-order chi connectivity index (χ0) is 14.5. The molecule has 1 rings (SSSR count). The summed E-state index contributed by atoms with van der Waals surface area (Å²) in [5.41, 5.74) is 0. The zero-order valence-electron chi connectivity index (χ0n) is 11.9. The van der Waals surface area contributed by atoms with Crippen molar-refractivity contribution in [3.63, 3.8) is 0 Å². The Balaban J connectivity index is 2.60. The third-order valence-electron chi connectivity index (χ3n) is 3.24.